The molecule has 3 rings (SSSR count). The predicted octanol–water partition coefficient (Wildman–Crippen LogP) is 4.81. The number of para-hydroxylation sites is 1. The van der Waals surface area contributed by atoms with Crippen LogP contribution in [0.3, 0.4) is 0 Å². The molecule has 3 aromatic carbocycles. The van der Waals surface area contributed by atoms with Crippen molar-refractivity contribution in [3.63, 3.8) is 0 Å². The number of carbonyl (C=O) groups excluding carboxylic acids is 1. The number of sulfonamides is 1. The highest BCUT2D eigenvalue weighted by molar-refractivity contribution is 9.10. The Morgan fingerprint density at radius 3 is 2.40 bits per heavy atom. The van der Waals surface area contributed by atoms with Crippen molar-refractivity contribution in [2.24, 2.45) is 0 Å². The van der Waals surface area contributed by atoms with E-state index in [2.05, 4.69) is 27.8 Å². The van der Waals surface area contributed by atoms with Crippen LogP contribution in [0.2, 0.25) is 0 Å². The van der Waals surface area contributed by atoms with Crippen molar-refractivity contribution in [2.45, 2.75) is 11.8 Å². The minimum atomic E-state index is -3.96. The van der Waals surface area contributed by atoms with Gasteiger partial charge in [0.2, 0.25) is 0 Å². The van der Waals surface area contributed by atoms with Gasteiger partial charge < -0.3 is 14.2 Å². The Kier molecular flexibility index (Phi) is 8.43. The Labute approximate surface area is 213 Å². The summed E-state index contributed by atoms with van der Waals surface area (Å²) in [5.74, 6) is 6.41. The summed E-state index contributed by atoms with van der Waals surface area (Å²) in [4.78, 5) is 12.4. The highest BCUT2D eigenvalue weighted by Crippen LogP contribution is 2.33. The van der Waals surface area contributed by atoms with E-state index >= 15 is 0 Å². The summed E-state index contributed by atoms with van der Waals surface area (Å²) in [6.07, 6.45) is 0. The molecule has 0 amide bonds. The molecule has 0 unspecified atom stereocenters. The molecule has 0 aliphatic carbocycles. The van der Waals surface area contributed by atoms with Crippen molar-refractivity contribution >= 4 is 37.6 Å². The molecule has 182 valence electrons. The molecule has 0 bridgehead atoms. The number of aryl methyl sites for hydroxylation is 1. The van der Waals surface area contributed by atoms with E-state index in [1.165, 1.54) is 32.4 Å². The van der Waals surface area contributed by atoms with Crippen LogP contribution < -0.4 is 13.8 Å². The highest BCUT2D eigenvalue weighted by Gasteiger charge is 2.27. The molecule has 9 heteroatoms. The van der Waals surface area contributed by atoms with Gasteiger partial charge in [-0.3, -0.25) is 4.31 Å². The molecule has 7 nitrogen and oxygen atoms in total. The largest absolute Gasteiger partial charge is 0.495 e. The van der Waals surface area contributed by atoms with Crippen LogP contribution in [0.4, 0.5) is 5.69 Å². The lowest BCUT2D eigenvalue weighted by molar-refractivity contribution is 0.0601. The molecule has 0 radical (unpaired) electrons. The van der Waals surface area contributed by atoms with Gasteiger partial charge in [0, 0.05) is 11.5 Å². The van der Waals surface area contributed by atoms with E-state index in [1.807, 2.05) is 24.3 Å². The van der Waals surface area contributed by atoms with Gasteiger partial charge in [0.05, 0.1) is 35.9 Å². The highest BCUT2D eigenvalue weighted by atomic mass is 79.9. The lowest BCUT2D eigenvalue weighted by Gasteiger charge is -2.24. The van der Waals surface area contributed by atoms with Gasteiger partial charge in [-0.1, -0.05) is 39.9 Å². The van der Waals surface area contributed by atoms with Crippen LogP contribution in [-0.4, -0.2) is 42.3 Å². The van der Waals surface area contributed by atoms with E-state index in [0.717, 1.165) is 9.87 Å². The number of hydrogen-bond donors (Lipinski definition) is 0. The minimum Gasteiger partial charge on any atom is -0.495 e. The summed E-state index contributed by atoms with van der Waals surface area (Å²) in [6, 6.07) is 16.7. The molecule has 0 saturated carbocycles. The van der Waals surface area contributed by atoms with Crippen molar-refractivity contribution in [3.8, 4) is 23.3 Å². The fraction of sp³-hybridized carbons (Fsp3) is 0.192. The van der Waals surface area contributed by atoms with Crippen LogP contribution in [0.15, 0.2) is 70.0 Å². The number of hydrogen-bond acceptors (Lipinski definition) is 6. The topological polar surface area (TPSA) is 82.1 Å². The fourth-order valence-corrected chi connectivity index (χ4v) is 5.26. The Hall–Kier alpha value is -3.48. The summed E-state index contributed by atoms with van der Waals surface area (Å²) >= 11 is 3.34. The molecule has 35 heavy (non-hydrogen) atoms. The Morgan fingerprint density at radius 2 is 1.74 bits per heavy atom. The molecule has 0 aliphatic heterocycles. The third kappa shape index (κ3) is 5.96. The third-order valence-corrected chi connectivity index (χ3v) is 7.34. The molecule has 0 spiro atoms. The van der Waals surface area contributed by atoms with Crippen LogP contribution in [0.5, 0.6) is 11.5 Å². The van der Waals surface area contributed by atoms with Gasteiger partial charge in [0.15, 0.2) is 0 Å². The average Bonchev–Trinajstić information content (AvgIpc) is 2.85. The van der Waals surface area contributed by atoms with Gasteiger partial charge in [-0.2, -0.15) is 0 Å². The first-order valence-corrected chi connectivity index (χ1v) is 12.6. The molecule has 3 aromatic rings. The summed E-state index contributed by atoms with van der Waals surface area (Å²) in [5.41, 5.74) is 1.73. The second kappa shape index (κ2) is 11.3. The Morgan fingerprint density at radius 1 is 1.06 bits per heavy atom. The molecule has 0 heterocycles. The van der Waals surface area contributed by atoms with Crippen molar-refractivity contribution < 1.29 is 27.4 Å². The van der Waals surface area contributed by atoms with Crippen LogP contribution in [0.25, 0.3) is 0 Å². The second-order valence-corrected chi connectivity index (χ2v) is 10.2. The number of halogens is 1. The summed E-state index contributed by atoms with van der Waals surface area (Å²) in [6.45, 7) is 1.84. The lowest BCUT2D eigenvalue weighted by Crippen LogP contribution is -2.29. The van der Waals surface area contributed by atoms with E-state index in [0.29, 0.717) is 21.5 Å². The lowest BCUT2D eigenvalue weighted by atomic mass is 10.1. The smallest absolute Gasteiger partial charge is 0.340 e. The van der Waals surface area contributed by atoms with Gasteiger partial charge in [-0.25, -0.2) is 13.2 Å². The van der Waals surface area contributed by atoms with E-state index in [9.17, 15) is 13.2 Å². The van der Waals surface area contributed by atoms with Gasteiger partial charge in [0.1, 0.15) is 18.1 Å². The van der Waals surface area contributed by atoms with E-state index < -0.39 is 16.0 Å². The van der Waals surface area contributed by atoms with E-state index in [1.54, 1.807) is 32.2 Å². The van der Waals surface area contributed by atoms with Gasteiger partial charge >= 0.3 is 5.97 Å². The number of ether oxygens (including phenoxy) is 3. The monoisotopic (exact) mass is 557 g/mol. The third-order valence-electron chi connectivity index (χ3n) is 5.11. The van der Waals surface area contributed by atoms with Crippen molar-refractivity contribution in [2.75, 3.05) is 32.2 Å². The van der Waals surface area contributed by atoms with Crippen LogP contribution >= 0.6 is 15.9 Å². The zero-order valence-corrected chi connectivity index (χ0v) is 22.1. The molecule has 0 saturated heterocycles. The summed E-state index contributed by atoms with van der Waals surface area (Å²) in [5, 5.41) is 0. The molecular weight excluding hydrogens is 534 g/mol. The fourth-order valence-electron chi connectivity index (χ4n) is 3.40. The molecular formula is C26H24BrNO6S. The van der Waals surface area contributed by atoms with E-state index in [-0.39, 0.29) is 22.8 Å². The number of esters is 1. The summed E-state index contributed by atoms with van der Waals surface area (Å²) < 4.78 is 44.1. The number of benzene rings is 3. The number of carbonyl (C=O) groups is 1. The van der Waals surface area contributed by atoms with Crippen molar-refractivity contribution in [1.29, 1.82) is 0 Å². The summed E-state index contributed by atoms with van der Waals surface area (Å²) in [7, 11) is 0.262. The zero-order valence-electron chi connectivity index (χ0n) is 19.7. The SMILES string of the molecule is COC(=O)c1cc(Br)cc(C)c1N(C)S(=O)(=O)c1ccc(OCC#Cc2ccccc2OC)cc1. The first-order valence-electron chi connectivity index (χ1n) is 10.4. The molecule has 0 fully saturated rings. The normalized spacial score (nSPS) is 10.7. The zero-order chi connectivity index (χ0) is 25.6. The standard InChI is InChI=1S/C26H24BrNO6S/c1-18-16-20(27)17-23(26(29)33-4)25(18)28(2)35(30,31)22-13-11-21(12-14-22)34-15-7-9-19-8-5-6-10-24(19)32-3/h5-6,8,10-14,16-17H,15H2,1-4H3. The molecule has 0 aromatic heterocycles. The number of methoxy groups -OCH3 is 2. The predicted molar refractivity (Wildman–Crippen MR) is 138 cm³/mol. The quantitative estimate of drug-likeness (QED) is 0.306. The number of rotatable bonds is 7. The van der Waals surface area contributed by atoms with Gasteiger partial charge in [-0.15, -0.1) is 0 Å². The van der Waals surface area contributed by atoms with Crippen molar-refractivity contribution in [3.05, 3.63) is 81.8 Å². The molecule has 0 N–H and O–H groups in total. The Bertz CT molecular complexity index is 1390. The maximum Gasteiger partial charge on any atom is 0.340 e. The van der Waals surface area contributed by atoms with Crippen molar-refractivity contribution in [1.82, 2.24) is 0 Å². The maximum absolute atomic E-state index is 13.3. The number of nitrogens with zero attached hydrogens (tertiary/aromatic N) is 1. The van der Waals surface area contributed by atoms with Gasteiger partial charge in [-0.05, 0) is 61.0 Å². The van der Waals surface area contributed by atoms with Crippen LogP contribution in [0.1, 0.15) is 21.5 Å². The molecule has 0 atom stereocenters. The Balaban J connectivity index is 1.78. The number of anilines is 1. The maximum atomic E-state index is 13.3. The van der Waals surface area contributed by atoms with Gasteiger partial charge in [0.25, 0.3) is 10.0 Å². The van der Waals surface area contributed by atoms with Crippen LogP contribution in [-0.2, 0) is 14.8 Å². The average molecular weight is 558 g/mol. The molecule has 0 aliphatic rings. The second-order valence-electron chi connectivity index (χ2n) is 7.35. The first-order chi connectivity index (χ1) is 16.7. The van der Waals surface area contributed by atoms with Crippen LogP contribution in [0, 0.1) is 18.8 Å². The van der Waals surface area contributed by atoms with E-state index in [4.69, 9.17) is 14.2 Å². The first kappa shape index (κ1) is 26.1. The minimum absolute atomic E-state index is 0.0468.